The van der Waals surface area contributed by atoms with Crippen LogP contribution in [0.3, 0.4) is 0 Å². The number of benzene rings is 2. The Kier molecular flexibility index (Phi) is 7.26. The molecule has 35 heavy (non-hydrogen) atoms. The summed E-state index contributed by atoms with van der Waals surface area (Å²) in [6, 6.07) is 10.7. The molecule has 188 valence electrons. The van der Waals surface area contributed by atoms with Crippen LogP contribution in [-0.4, -0.2) is 47.6 Å². The Morgan fingerprint density at radius 3 is 2.40 bits per heavy atom. The van der Waals surface area contributed by atoms with Gasteiger partial charge in [-0.25, -0.2) is 9.59 Å². The summed E-state index contributed by atoms with van der Waals surface area (Å²) >= 11 is 6.03. The highest BCUT2D eigenvalue weighted by atomic mass is 35.5. The number of aliphatic hydroxyl groups excluding tert-OH is 1. The molecule has 0 bridgehead atoms. The topological polar surface area (TPSA) is 103 Å². The molecule has 9 heteroatoms. The Morgan fingerprint density at radius 2 is 1.77 bits per heavy atom. The Labute approximate surface area is 209 Å². The van der Waals surface area contributed by atoms with Gasteiger partial charge in [-0.1, -0.05) is 29.8 Å². The molecule has 2 N–H and O–H groups in total. The summed E-state index contributed by atoms with van der Waals surface area (Å²) in [6.07, 6.45) is -0.418. The van der Waals surface area contributed by atoms with Gasteiger partial charge in [0.1, 0.15) is 0 Å². The summed E-state index contributed by atoms with van der Waals surface area (Å²) in [6.45, 7) is 7.03. The first kappa shape index (κ1) is 25.3. The van der Waals surface area contributed by atoms with E-state index in [1.807, 2.05) is 12.1 Å². The molecule has 1 aliphatic carbocycles. The fraction of sp³-hybridized carbons (Fsp3) is 0.462. The number of carbonyl (C=O) groups excluding carboxylic acids is 2. The van der Waals surface area contributed by atoms with Gasteiger partial charge >= 0.3 is 17.7 Å². The van der Waals surface area contributed by atoms with Gasteiger partial charge in [0.15, 0.2) is 11.5 Å². The van der Waals surface area contributed by atoms with E-state index in [1.165, 1.54) is 0 Å². The van der Waals surface area contributed by atoms with Crippen molar-refractivity contribution in [2.45, 2.75) is 70.7 Å². The standard InChI is InChI=1S/C26H30ClNO7/c1-14(2)32-24(30)26(25(31)33-15(3)4)34-22-9-8-16-11-19(12-20(16)23(22)35-26)28-13-21(29)17-6-5-7-18(27)10-17/h5-10,14-15,19,21,28-29H,11-13H2,1-4H3/t19-,21?/m1/s1. The van der Waals surface area contributed by atoms with Crippen molar-refractivity contribution in [2.24, 2.45) is 0 Å². The Balaban J connectivity index is 1.50. The van der Waals surface area contributed by atoms with Crippen molar-refractivity contribution in [1.82, 2.24) is 5.32 Å². The monoisotopic (exact) mass is 503 g/mol. The van der Waals surface area contributed by atoms with E-state index in [-0.39, 0.29) is 11.8 Å². The zero-order chi connectivity index (χ0) is 25.3. The highest BCUT2D eigenvalue weighted by Crippen LogP contribution is 2.47. The quantitative estimate of drug-likeness (QED) is 0.417. The molecule has 0 radical (unpaired) electrons. The third-order valence-corrected chi connectivity index (χ3v) is 6.03. The normalized spacial score (nSPS) is 18.5. The van der Waals surface area contributed by atoms with Crippen LogP contribution in [-0.2, 0) is 31.9 Å². The van der Waals surface area contributed by atoms with Gasteiger partial charge in [0.05, 0.1) is 18.3 Å². The minimum atomic E-state index is -2.35. The van der Waals surface area contributed by atoms with Crippen LogP contribution in [0.4, 0.5) is 0 Å². The van der Waals surface area contributed by atoms with Gasteiger partial charge in [-0.15, -0.1) is 0 Å². The van der Waals surface area contributed by atoms with Gasteiger partial charge < -0.3 is 29.4 Å². The summed E-state index contributed by atoms with van der Waals surface area (Å²) in [5.74, 6) is -3.64. The molecule has 0 saturated carbocycles. The Morgan fingerprint density at radius 1 is 1.09 bits per heavy atom. The fourth-order valence-electron chi connectivity index (χ4n) is 4.25. The van der Waals surface area contributed by atoms with E-state index in [9.17, 15) is 14.7 Å². The van der Waals surface area contributed by atoms with E-state index in [4.69, 9.17) is 30.5 Å². The van der Waals surface area contributed by atoms with Crippen LogP contribution in [0.5, 0.6) is 11.5 Å². The molecule has 2 aliphatic rings. The van der Waals surface area contributed by atoms with Crippen molar-refractivity contribution >= 4 is 23.5 Å². The maximum Gasteiger partial charge on any atom is 0.453 e. The van der Waals surface area contributed by atoms with Gasteiger partial charge in [0.2, 0.25) is 0 Å². The lowest BCUT2D eigenvalue weighted by Gasteiger charge is -2.25. The lowest BCUT2D eigenvalue weighted by atomic mass is 10.1. The molecular formula is C26H30ClNO7. The van der Waals surface area contributed by atoms with Crippen molar-refractivity contribution in [1.29, 1.82) is 0 Å². The van der Waals surface area contributed by atoms with Gasteiger partial charge in [-0.2, -0.15) is 0 Å². The number of halogens is 1. The minimum absolute atomic E-state index is 0.0224. The molecule has 0 aromatic heterocycles. The summed E-state index contributed by atoms with van der Waals surface area (Å²) in [5.41, 5.74) is 2.58. The van der Waals surface area contributed by atoms with Crippen LogP contribution in [0.25, 0.3) is 0 Å². The molecule has 2 aromatic rings. The minimum Gasteiger partial charge on any atom is -0.457 e. The van der Waals surface area contributed by atoms with Crippen LogP contribution in [0.1, 0.15) is 50.5 Å². The Hall–Kier alpha value is -2.81. The number of rotatable bonds is 8. The molecule has 0 fully saturated rings. The molecule has 2 atom stereocenters. The molecule has 0 saturated heterocycles. The first-order valence-corrected chi connectivity index (χ1v) is 12.1. The maximum absolute atomic E-state index is 12.9. The first-order valence-electron chi connectivity index (χ1n) is 11.7. The smallest absolute Gasteiger partial charge is 0.453 e. The number of esters is 2. The third-order valence-electron chi connectivity index (χ3n) is 5.79. The fourth-order valence-corrected chi connectivity index (χ4v) is 4.44. The third kappa shape index (κ3) is 5.24. The van der Waals surface area contributed by atoms with Crippen molar-refractivity contribution in [3.63, 3.8) is 0 Å². The summed E-state index contributed by atoms with van der Waals surface area (Å²) in [7, 11) is 0. The van der Waals surface area contributed by atoms with E-state index in [1.54, 1.807) is 52.0 Å². The van der Waals surface area contributed by atoms with Crippen LogP contribution in [0.2, 0.25) is 5.02 Å². The average molecular weight is 504 g/mol. The molecule has 2 aromatic carbocycles. The highest BCUT2D eigenvalue weighted by molar-refractivity contribution is 6.30. The van der Waals surface area contributed by atoms with Crippen LogP contribution in [0, 0.1) is 0 Å². The number of carbonyl (C=O) groups is 2. The maximum atomic E-state index is 12.9. The average Bonchev–Trinajstić information content (AvgIpc) is 3.38. The summed E-state index contributed by atoms with van der Waals surface area (Å²) < 4.78 is 22.3. The Bertz CT molecular complexity index is 1090. The molecule has 1 aliphatic heterocycles. The van der Waals surface area contributed by atoms with E-state index in [2.05, 4.69) is 5.32 Å². The molecule has 4 rings (SSSR count). The number of aliphatic hydroxyl groups is 1. The van der Waals surface area contributed by atoms with E-state index in [0.717, 1.165) is 16.7 Å². The lowest BCUT2D eigenvalue weighted by Crippen LogP contribution is -2.56. The van der Waals surface area contributed by atoms with Crippen molar-refractivity contribution in [3.05, 3.63) is 58.1 Å². The number of ether oxygens (including phenoxy) is 4. The van der Waals surface area contributed by atoms with E-state index < -0.39 is 36.0 Å². The molecule has 8 nitrogen and oxygen atoms in total. The van der Waals surface area contributed by atoms with E-state index in [0.29, 0.717) is 30.2 Å². The first-order chi connectivity index (χ1) is 16.6. The molecule has 0 spiro atoms. The van der Waals surface area contributed by atoms with Gasteiger partial charge in [0, 0.05) is 23.2 Å². The summed E-state index contributed by atoms with van der Waals surface area (Å²) in [4.78, 5) is 25.9. The molecule has 1 heterocycles. The summed E-state index contributed by atoms with van der Waals surface area (Å²) in [5, 5.41) is 14.5. The molecule has 1 unspecified atom stereocenters. The zero-order valence-electron chi connectivity index (χ0n) is 20.2. The van der Waals surface area contributed by atoms with Gasteiger partial charge in [-0.05, 0) is 69.9 Å². The number of nitrogens with one attached hydrogen (secondary N) is 1. The SMILES string of the molecule is CC(C)OC(=O)C1(C(=O)OC(C)C)Oc2ccc3c(c2O1)C[C@H](NCC(O)c1cccc(Cl)c1)C3. The van der Waals surface area contributed by atoms with Crippen LogP contribution in [0.15, 0.2) is 36.4 Å². The second-order valence-electron chi connectivity index (χ2n) is 9.34. The second-order valence-corrected chi connectivity index (χ2v) is 9.78. The highest BCUT2D eigenvalue weighted by Gasteiger charge is 2.61. The predicted octanol–water partition coefficient (Wildman–Crippen LogP) is 3.50. The van der Waals surface area contributed by atoms with Crippen LogP contribution < -0.4 is 14.8 Å². The van der Waals surface area contributed by atoms with Gasteiger partial charge in [-0.3, -0.25) is 0 Å². The number of hydrogen-bond donors (Lipinski definition) is 2. The van der Waals surface area contributed by atoms with Crippen molar-refractivity contribution in [3.8, 4) is 11.5 Å². The second kappa shape index (κ2) is 10.0. The predicted molar refractivity (Wildman–Crippen MR) is 128 cm³/mol. The molecule has 0 amide bonds. The molecular weight excluding hydrogens is 474 g/mol. The van der Waals surface area contributed by atoms with Crippen molar-refractivity contribution in [2.75, 3.05) is 6.54 Å². The van der Waals surface area contributed by atoms with E-state index >= 15 is 0 Å². The number of fused-ring (bicyclic) bond motifs is 3. The zero-order valence-corrected chi connectivity index (χ0v) is 20.9. The van der Waals surface area contributed by atoms with Gasteiger partial charge in [0.25, 0.3) is 0 Å². The lowest BCUT2D eigenvalue weighted by molar-refractivity contribution is -0.207. The number of hydrogen-bond acceptors (Lipinski definition) is 8. The van der Waals surface area contributed by atoms with Crippen LogP contribution >= 0.6 is 11.6 Å². The van der Waals surface area contributed by atoms with Crippen molar-refractivity contribution < 1.29 is 33.6 Å². The largest absolute Gasteiger partial charge is 0.457 e.